The number of pyridine rings is 1. The van der Waals surface area contributed by atoms with Gasteiger partial charge >= 0.3 is 0 Å². The summed E-state index contributed by atoms with van der Waals surface area (Å²) < 4.78 is 0. The highest BCUT2D eigenvalue weighted by Gasteiger charge is 1.98. The van der Waals surface area contributed by atoms with E-state index < -0.39 is 0 Å². The summed E-state index contributed by atoms with van der Waals surface area (Å²) >= 11 is 0. The van der Waals surface area contributed by atoms with Gasteiger partial charge in [-0.2, -0.15) is 0 Å². The second-order valence-corrected chi connectivity index (χ2v) is 3.76. The molecule has 0 aliphatic heterocycles. The van der Waals surface area contributed by atoms with Crippen molar-refractivity contribution in [2.45, 2.75) is 13.3 Å². The number of rotatable bonds is 4. The molecule has 0 amide bonds. The summed E-state index contributed by atoms with van der Waals surface area (Å²) in [6.45, 7) is 2.63. The molecule has 5 nitrogen and oxygen atoms in total. The van der Waals surface area contributed by atoms with E-state index in [4.69, 9.17) is 5.73 Å². The Labute approximate surface area is 100 Å². The van der Waals surface area contributed by atoms with Crippen LogP contribution in [0, 0.1) is 6.92 Å². The molecule has 2 aromatic rings. The van der Waals surface area contributed by atoms with Crippen LogP contribution < -0.4 is 11.1 Å². The molecule has 2 rings (SSSR count). The fraction of sp³-hybridized carbons (Fsp3) is 0.250. The van der Waals surface area contributed by atoms with Gasteiger partial charge in [0.1, 0.15) is 17.5 Å². The van der Waals surface area contributed by atoms with Crippen molar-refractivity contribution in [2.75, 3.05) is 17.6 Å². The number of aryl methyl sites for hydroxylation is 1. The first-order valence-corrected chi connectivity index (χ1v) is 5.48. The average Bonchev–Trinajstić information content (AvgIpc) is 2.29. The van der Waals surface area contributed by atoms with Gasteiger partial charge in [-0.25, -0.2) is 9.97 Å². The molecule has 0 fully saturated rings. The maximum atomic E-state index is 5.64. The highest BCUT2D eigenvalue weighted by atomic mass is 15.0. The first kappa shape index (κ1) is 11.3. The Balaban J connectivity index is 1.90. The van der Waals surface area contributed by atoms with Crippen LogP contribution in [0.25, 0.3) is 0 Å². The molecule has 0 saturated heterocycles. The van der Waals surface area contributed by atoms with Crippen molar-refractivity contribution in [3.05, 3.63) is 42.0 Å². The van der Waals surface area contributed by atoms with Gasteiger partial charge in [0, 0.05) is 25.0 Å². The Hall–Kier alpha value is -2.17. The normalized spacial score (nSPS) is 10.2. The van der Waals surface area contributed by atoms with Crippen molar-refractivity contribution in [3.63, 3.8) is 0 Å². The minimum atomic E-state index is 0.490. The van der Waals surface area contributed by atoms with E-state index in [2.05, 4.69) is 20.3 Å². The highest BCUT2D eigenvalue weighted by Crippen LogP contribution is 2.07. The molecular weight excluding hydrogens is 214 g/mol. The maximum absolute atomic E-state index is 5.64. The number of hydrogen-bond donors (Lipinski definition) is 2. The van der Waals surface area contributed by atoms with Gasteiger partial charge in [-0.15, -0.1) is 0 Å². The quantitative estimate of drug-likeness (QED) is 0.829. The fourth-order valence-electron chi connectivity index (χ4n) is 1.57. The van der Waals surface area contributed by atoms with Gasteiger partial charge in [-0.05, 0) is 31.0 Å². The molecule has 0 bridgehead atoms. The summed E-state index contributed by atoms with van der Waals surface area (Å²) in [7, 11) is 0. The number of nitrogen functional groups attached to an aromatic ring is 1. The van der Waals surface area contributed by atoms with Gasteiger partial charge in [0.2, 0.25) is 0 Å². The summed E-state index contributed by atoms with van der Waals surface area (Å²) in [5.41, 5.74) is 6.88. The molecule has 2 heterocycles. The molecule has 0 aliphatic carbocycles. The fourth-order valence-corrected chi connectivity index (χ4v) is 1.57. The van der Waals surface area contributed by atoms with Crippen LogP contribution >= 0.6 is 0 Å². The largest absolute Gasteiger partial charge is 0.384 e. The van der Waals surface area contributed by atoms with E-state index in [-0.39, 0.29) is 0 Å². The van der Waals surface area contributed by atoms with E-state index in [1.54, 1.807) is 18.5 Å². The molecule has 0 aromatic carbocycles. The average molecular weight is 229 g/mol. The second-order valence-electron chi connectivity index (χ2n) is 3.76. The summed E-state index contributed by atoms with van der Waals surface area (Å²) in [6.07, 6.45) is 4.51. The van der Waals surface area contributed by atoms with Crippen LogP contribution in [0.4, 0.5) is 11.6 Å². The first-order chi connectivity index (χ1) is 8.24. The van der Waals surface area contributed by atoms with Crippen molar-refractivity contribution in [1.82, 2.24) is 15.0 Å². The van der Waals surface area contributed by atoms with Gasteiger partial charge in [0.15, 0.2) is 0 Å². The van der Waals surface area contributed by atoms with Gasteiger partial charge in [-0.3, -0.25) is 4.98 Å². The molecule has 2 aromatic heterocycles. The highest BCUT2D eigenvalue weighted by molar-refractivity contribution is 5.44. The van der Waals surface area contributed by atoms with Crippen LogP contribution in [0.1, 0.15) is 11.4 Å². The molecule has 0 atom stereocenters. The molecule has 5 heteroatoms. The Kier molecular flexibility index (Phi) is 3.49. The molecule has 17 heavy (non-hydrogen) atoms. The van der Waals surface area contributed by atoms with E-state index in [0.717, 1.165) is 18.8 Å². The van der Waals surface area contributed by atoms with Crippen molar-refractivity contribution < 1.29 is 0 Å². The molecule has 0 aliphatic rings. The number of hydrogen-bond acceptors (Lipinski definition) is 5. The summed E-state index contributed by atoms with van der Waals surface area (Å²) in [6, 6.07) is 5.74. The lowest BCUT2D eigenvalue weighted by atomic mass is 10.2. The van der Waals surface area contributed by atoms with Gasteiger partial charge in [0.05, 0.1) is 0 Å². The van der Waals surface area contributed by atoms with Crippen LogP contribution in [0.2, 0.25) is 0 Å². The lowest BCUT2D eigenvalue weighted by molar-refractivity contribution is 0.980. The Morgan fingerprint density at radius 1 is 1.24 bits per heavy atom. The smallest absolute Gasteiger partial charge is 0.131 e. The number of nitrogens with two attached hydrogens (primary N) is 1. The Bertz CT molecular complexity index is 463. The molecule has 0 unspecified atom stereocenters. The lowest BCUT2D eigenvalue weighted by Gasteiger charge is -2.06. The standard InChI is InChI=1S/C12H15N5/c1-9-16-11(13)8-12(17-9)15-7-4-10-2-5-14-6-3-10/h2-3,5-6,8H,4,7H2,1H3,(H3,13,15,16,17). The zero-order valence-corrected chi connectivity index (χ0v) is 9.72. The molecule has 88 valence electrons. The van der Waals surface area contributed by atoms with Crippen LogP contribution in [0.3, 0.4) is 0 Å². The monoisotopic (exact) mass is 229 g/mol. The van der Waals surface area contributed by atoms with Crippen LogP contribution in [-0.4, -0.2) is 21.5 Å². The summed E-state index contributed by atoms with van der Waals surface area (Å²) in [4.78, 5) is 12.2. The van der Waals surface area contributed by atoms with Crippen molar-refractivity contribution in [1.29, 1.82) is 0 Å². The van der Waals surface area contributed by atoms with E-state index in [9.17, 15) is 0 Å². The van der Waals surface area contributed by atoms with Crippen LogP contribution in [0.5, 0.6) is 0 Å². The first-order valence-electron chi connectivity index (χ1n) is 5.48. The number of nitrogens with zero attached hydrogens (tertiary/aromatic N) is 3. The lowest BCUT2D eigenvalue weighted by Crippen LogP contribution is -2.08. The zero-order chi connectivity index (χ0) is 12.1. The molecule has 0 saturated carbocycles. The number of anilines is 2. The number of aromatic nitrogens is 3. The summed E-state index contributed by atoms with van der Waals surface area (Å²) in [5, 5.41) is 3.22. The Morgan fingerprint density at radius 2 is 2.00 bits per heavy atom. The van der Waals surface area contributed by atoms with E-state index in [1.807, 2.05) is 19.1 Å². The van der Waals surface area contributed by atoms with Crippen molar-refractivity contribution >= 4 is 11.6 Å². The summed E-state index contributed by atoms with van der Waals surface area (Å²) in [5.74, 6) is 1.93. The van der Waals surface area contributed by atoms with E-state index >= 15 is 0 Å². The third-order valence-corrected chi connectivity index (χ3v) is 2.33. The van der Waals surface area contributed by atoms with Gasteiger partial charge in [-0.1, -0.05) is 0 Å². The SMILES string of the molecule is Cc1nc(N)cc(NCCc2ccncc2)n1. The number of nitrogens with one attached hydrogen (secondary N) is 1. The predicted octanol–water partition coefficient (Wildman–Crippen LogP) is 1.42. The van der Waals surface area contributed by atoms with Crippen LogP contribution in [-0.2, 0) is 6.42 Å². The maximum Gasteiger partial charge on any atom is 0.131 e. The second kappa shape index (κ2) is 5.25. The predicted molar refractivity (Wildman–Crippen MR) is 67.6 cm³/mol. The molecule has 0 radical (unpaired) electrons. The van der Waals surface area contributed by atoms with Crippen LogP contribution in [0.15, 0.2) is 30.6 Å². The van der Waals surface area contributed by atoms with E-state index in [0.29, 0.717) is 11.6 Å². The van der Waals surface area contributed by atoms with Crippen molar-refractivity contribution in [2.24, 2.45) is 0 Å². The third kappa shape index (κ3) is 3.41. The van der Waals surface area contributed by atoms with Gasteiger partial charge < -0.3 is 11.1 Å². The van der Waals surface area contributed by atoms with Crippen molar-refractivity contribution in [3.8, 4) is 0 Å². The van der Waals surface area contributed by atoms with Gasteiger partial charge in [0.25, 0.3) is 0 Å². The Morgan fingerprint density at radius 3 is 2.71 bits per heavy atom. The minimum Gasteiger partial charge on any atom is -0.384 e. The topological polar surface area (TPSA) is 76.7 Å². The zero-order valence-electron chi connectivity index (χ0n) is 9.72. The minimum absolute atomic E-state index is 0.490. The third-order valence-electron chi connectivity index (χ3n) is 2.33. The molecule has 3 N–H and O–H groups in total. The molecule has 0 spiro atoms. The van der Waals surface area contributed by atoms with E-state index in [1.165, 1.54) is 5.56 Å². The molecular formula is C12H15N5.